The van der Waals surface area contributed by atoms with E-state index in [0.29, 0.717) is 0 Å². The molecule has 0 unspecified atom stereocenters. The minimum absolute atomic E-state index is 1.01. The van der Waals surface area contributed by atoms with Gasteiger partial charge >= 0.3 is 0 Å². The van der Waals surface area contributed by atoms with E-state index in [-0.39, 0.29) is 0 Å². The van der Waals surface area contributed by atoms with Gasteiger partial charge in [-0.1, -0.05) is 72.8 Å². The molecule has 2 aromatic carbocycles. The van der Waals surface area contributed by atoms with Gasteiger partial charge in [0, 0.05) is 0 Å². The summed E-state index contributed by atoms with van der Waals surface area (Å²) in [6.07, 6.45) is 12.3. The van der Waals surface area contributed by atoms with Crippen molar-refractivity contribution in [3.8, 4) is 0 Å². The zero-order valence-electron chi connectivity index (χ0n) is 11.0. The van der Waals surface area contributed by atoms with Gasteiger partial charge in [-0.25, -0.2) is 0 Å². The first-order valence-corrected chi connectivity index (χ1v) is 6.92. The van der Waals surface area contributed by atoms with E-state index in [1.165, 1.54) is 35.1 Å². The van der Waals surface area contributed by atoms with Crippen molar-refractivity contribution in [1.29, 1.82) is 0 Å². The van der Waals surface area contributed by atoms with E-state index in [1.54, 1.807) is 0 Å². The highest BCUT2D eigenvalue weighted by Gasteiger charge is 2.04. The van der Waals surface area contributed by atoms with Gasteiger partial charge in [-0.2, -0.15) is 0 Å². The molecule has 0 fully saturated rings. The number of hydrogen-bond acceptors (Lipinski definition) is 0. The highest BCUT2D eigenvalue weighted by molar-refractivity contribution is 5.57. The smallest absolute Gasteiger partial charge is 0.00940 e. The number of hydrogen-bond donors (Lipinski definition) is 0. The maximum atomic E-state index is 2.36. The van der Waals surface area contributed by atoms with Crippen molar-refractivity contribution in [2.45, 2.75) is 19.3 Å². The predicted octanol–water partition coefficient (Wildman–Crippen LogP) is 4.90. The molecule has 0 heterocycles. The van der Waals surface area contributed by atoms with Crippen molar-refractivity contribution >= 4 is 12.2 Å². The van der Waals surface area contributed by atoms with Crippen LogP contribution in [0.15, 0.2) is 60.7 Å². The summed E-state index contributed by atoms with van der Waals surface area (Å²) in [5.74, 6) is 0. The summed E-state index contributed by atoms with van der Waals surface area (Å²) in [6.45, 7) is 0. The fourth-order valence-corrected chi connectivity index (χ4v) is 2.51. The van der Waals surface area contributed by atoms with E-state index in [2.05, 4.69) is 66.8 Å². The molecule has 0 amide bonds. The first-order valence-electron chi connectivity index (χ1n) is 6.92. The lowest BCUT2D eigenvalue weighted by atomic mass is 9.94. The molecule has 0 spiro atoms. The van der Waals surface area contributed by atoms with E-state index in [1.807, 2.05) is 6.07 Å². The summed E-state index contributed by atoms with van der Waals surface area (Å²) in [6, 6.07) is 17.3. The summed E-state index contributed by atoms with van der Waals surface area (Å²) in [5, 5.41) is 0. The molecule has 1 aliphatic rings. The van der Waals surface area contributed by atoms with Gasteiger partial charge in [0.2, 0.25) is 0 Å². The molecule has 19 heavy (non-hydrogen) atoms. The molecule has 94 valence electrons. The zero-order valence-corrected chi connectivity index (χ0v) is 11.0. The van der Waals surface area contributed by atoms with Crippen molar-refractivity contribution < 1.29 is 0 Å². The Morgan fingerprint density at radius 3 is 2.79 bits per heavy atom. The second kappa shape index (κ2) is 5.71. The number of benzene rings is 2. The molecule has 1 aliphatic carbocycles. The third-order valence-electron chi connectivity index (χ3n) is 3.55. The van der Waals surface area contributed by atoms with Crippen LogP contribution < -0.4 is 0 Å². The fourth-order valence-electron chi connectivity index (χ4n) is 2.51. The molecule has 0 N–H and O–H groups in total. The molecule has 0 bridgehead atoms. The molecule has 2 aromatic rings. The van der Waals surface area contributed by atoms with Gasteiger partial charge in [-0.3, -0.25) is 0 Å². The third kappa shape index (κ3) is 3.03. The highest BCUT2D eigenvalue weighted by Crippen LogP contribution is 2.20. The molecule has 0 atom stereocenters. The van der Waals surface area contributed by atoms with Crippen LogP contribution in [0.1, 0.15) is 28.7 Å². The Balaban J connectivity index is 1.71. The Morgan fingerprint density at radius 1 is 1.00 bits per heavy atom. The molecule has 0 aliphatic heterocycles. The SMILES string of the molecule is C1=Cc2ccc(CC=Cc3ccccc3)cc2CC1. The average Bonchev–Trinajstić information content (AvgIpc) is 2.48. The summed E-state index contributed by atoms with van der Waals surface area (Å²) >= 11 is 0. The molecule has 0 nitrogen and oxygen atoms in total. The molecule has 0 aromatic heterocycles. The van der Waals surface area contributed by atoms with Gasteiger partial charge < -0.3 is 0 Å². The lowest BCUT2D eigenvalue weighted by Gasteiger charge is -2.11. The van der Waals surface area contributed by atoms with Crippen LogP contribution in [0.5, 0.6) is 0 Å². The Labute approximate surface area is 115 Å². The van der Waals surface area contributed by atoms with Gasteiger partial charge in [0.1, 0.15) is 0 Å². The number of allylic oxidation sites excluding steroid dienone is 2. The zero-order chi connectivity index (χ0) is 12.9. The Hall–Kier alpha value is -2.08. The normalized spacial score (nSPS) is 13.7. The Bertz CT molecular complexity index is 603. The second-order valence-corrected chi connectivity index (χ2v) is 4.99. The van der Waals surface area contributed by atoms with E-state index in [9.17, 15) is 0 Å². The third-order valence-corrected chi connectivity index (χ3v) is 3.55. The Kier molecular flexibility index (Phi) is 3.60. The summed E-state index contributed by atoms with van der Waals surface area (Å²) in [5.41, 5.74) is 5.56. The Morgan fingerprint density at radius 2 is 1.89 bits per heavy atom. The minimum atomic E-state index is 1.01. The van der Waals surface area contributed by atoms with Crippen LogP contribution in [0.25, 0.3) is 12.2 Å². The number of fused-ring (bicyclic) bond motifs is 1. The molecular formula is C19H18. The van der Waals surface area contributed by atoms with Crippen LogP contribution in [0, 0.1) is 0 Å². The molecule has 0 saturated heterocycles. The molecule has 0 saturated carbocycles. The monoisotopic (exact) mass is 246 g/mol. The molecule has 3 rings (SSSR count). The number of aryl methyl sites for hydroxylation is 1. The van der Waals surface area contributed by atoms with Gasteiger partial charge in [0.25, 0.3) is 0 Å². The molecule has 0 heteroatoms. The van der Waals surface area contributed by atoms with Gasteiger partial charge in [-0.15, -0.1) is 0 Å². The highest BCUT2D eigenvalue weighted by atomic mass is 14.1. The van der Waals surface area contributed by atoms with Gasteiger partial charge in [-0.05, 0) is 41.5 Å². The van der Waals surface area contributed by atoms with Crippen molar-refractivity contribution in [2.24, 2.45) is 0 Å². The maximum absolute atomic E-state index is 2.36. The van der Waals surface area contributed by atoms with Crippen LogP contribution in [-0.4, -0.2) is 0 Å². The van der Waals surface area contributed by atoms with Crippen LogP contribution in [0.4, 0.5) is 0 Å². The minimum Gasteiger partial charge on any atom is -0.0836 e. The van der Waals surface area contributed by atoms with Crippen LogP contribution in [0.2, 0.25) is 0 Å². The van der Waals surface area contributed by atoms with Crippen molar-refractivity contribution in [3.05, 3.63) is 82.9 Å². The largest absolute Gasteiger partial charge is 0.0836 e. The molecule has 0 radical (unpaired) electrons. The first-order chi connectivity index (χ1) is 9.42. The number of rotatable bonds is 3. The summed E-state index contributed by atoms with van der Waals surface area (Å²) < 4.78 is 0. The van der Waals surface area contributed by atoms with Crippen molar-refractivity contribution in [3.63, 3.8) is 0 Å². The molecular weight excluding hydrogens is 228 g/mol. The topological polar surface area (TPSA) is 0 Å². The van der Waals surface area contributed by atoms with Crippen LogP contribution >= 0.6 is 0 Å². The fraction of sp³-hybridized carbons (Fsp3) is 0.158. The van der Waals surface area contributed by atoms with Crippen molar-refractivity contribution in [1.82, 2.24) is 0 Å². The summed E-state index contributed by atoms with van der Waals surface area (Å²) in [7, 11) is 0. The average molecular weight is 246 g/mol. The van der Waals surface area contributed by atoms with E-state index in [4.69, 9.17) is 0 Å². The predicted molar refractivity (Wildman–Crippen MR) is 83.0 cm³/mol. The lowest BCUT2D eigenvalue weighted by molar-refractivity contribution is 0.979. The van der Waals surface area contributed by atoms with E-state index >= 15 is 0 Å². The van der Waals surface area contributed by atoms with Crippen LogP contribution in [0.3, 0.4) is 0 Å². The summed E-state index contributed by atoms with van der Waals surface area (Å²) in [4.78, 5) is 0. The van der Waals surface area contributed by atoms with E-state index in [0.717, 1.165) is 6.42 Å². The maximum Gasteiger partial charge on any atom is -0.00940 e. The first kappa shape index (κ1) is 12.0. The van der Waals surface area contributed by atoms with Crippen molar-refractivity contribution in [2.75, 3.05) is 0 Å². The van der Waals surface area contributed by atoms with E-state index < -0.39 is 0 Å². The van der Waals surface area contributed by atoms with Crippen LogP contribution in [-0.2, 0) is 12.8 Å². The standard InChI is InChI=1S/C19H18/c1-2-7-16(8-3-1)9-6-10-17-13-14-18-11-4-5-12-19(18)15-17/h1-4,6-9,11,13-15H,5,10,12H2. The lowest BCUT2D eigenvalue weighted by Crippen LogP contribution is -1.95. The van der Waals surface area contributed by atoms with Gasteiger partial charge in [0.15, 0.2) is 0 Å². The quantitative estimate of drug-likeness (QED) is 0.722. The van der Waals surface area contributed by atoms with Gasteiger partial charge in [0.05, 0.1) is 0 Å². The second-order valence-electron chi connectivity index (χ2n) is 4.99.